The molecule has 1 atom stereocenters. The summed E-state index contributed by atoms with van der Waals surface area (Å²) in [6, 6.07) is 0. The highest BCUT2D eigenvalue weighted by Gasteiger charge is 2.41. The van der Waals surface area contributed by atoms with Crippen LogP contribution in [0.2, 0.25) is 0 Å². The lowest BCUT2D eigenvalue weighted by Gasteiger charge is -2.24. The van der Waals surface area contributed by atoms with E-state index in [1.165, 1.54) is 71.4 Å². The Morgan fingerprint density at radius 1 is 0.875 bits per heavy atom. The van der Waals surface area contributed by atoms with Gasteiger partial charge in [-0.15, -0.1) is 0 Å². The smallest absolute Gasteiger partial charge is 0.0821 e. The highest BCUT2D eigenvalue weighted by molar-refractivity contribution is 4.94. The summed E-state index contributed by atoms with van der Waals surface area (Å²) in [5.74, 6) is 0. The Balaban J connectivity index is 1.43. The van der Waals surface area contributed by atoms with Crippen LogP contribution in [0.4, 0.5) is 0 Å². The molecule has 0 aliphatic carbocycles. The van der Waals surface area contributed by atoms with E-state index in [1.807, 2.05) is 0 Å². The van der Waals surface area contributed by atoms with E-state index in [2.05, 4.69) is 9.80 Å². The molecule has 0 unspecified atom stereocenters. The molecule has 3 aliphatic rings. The van der Waals surface area contributed by atoms with E-state index in [0.29, 0.717) is 0 Å². The van der Waals surface area contributed by atoms with E-state index in [0.717, 1.165) is 6.61 Å². The molecule has 3 rings (SSSR count). The molecule has 3 heteroatoms. The van der Waals surface area contributed by atoms with Crippen molar-refractivity contribution in [2.24, 2.45) is 0 Å². The first kappa shape index (κ1) is 11.0. The molecule has 3 saturated heterocycles. The van der Waals surface area contributed by atoms with E-state index in [9.17, 15) is 0 Å². The summed E-state index contributed by atoms with van der Waals surface area (Å²) in [7, 11) is 0. The number of nitrogens with zero attached hydrogens (tertiary/aromatic N) is 2. The van der Waals surface area contributed by atoms with Crippen LogP contribution in [-0.2, 0) is 4.74 Å². The number of rotatable bonds is 3. The molecule has 0 aromatic carbocycles. The van der Waals surface area contributed by atoms with Gasteiger partial charge in [0.2, 0.25) is 0 Å². The molecular weight excluding hydrogens is 200 g/mol. The van der Waals surface area contributed by atoms with Crippen LogP contribution in [0.1, 0.15) is 32.1 Å². The van der Waals surface area contributed by atoms with Crippen molar-refractivity contribution in [1.82, 2.24) is 9.80 Å². The van der Waals surface area contributed by atoms with Crippen LogP contribution in [0.3, 0.4) is 0 Å². The van der Waals surface area contributed by atoms with Crippen LogP contribution in [0.25, 0.3) is 0 Å². The zero-order chi connectivity index (χ0) is 10.8. The number of likely N-dealkylation sites (tertiary alicyclic amines) is 2. The van der Waals surface area contributed by atoms with Crippen LogP contribution in [0.5, 0.6) is 0 Å². The Hall–Kier alpha value is -0.120. The monoisotopic (exact) mass is 224 g/mol. The molecular formula is C13H24N2O. The maximum Gasteiger partial charge on any atom is 0.0821 e. The molecule has 1 spiro atoms. The molecule has 3 nitrogen and oxygen atoms in total. The average molecular weight is 224 g/mol. The van der Waals surface area contributed by atoms with Crippen LogP contribution >= 0.6 is 0 Å². The topological polar surface area (TPSA) is 15.7 Å². The highest BCUT2D eigenvalue weighted by atomic mass is 16.5. The van der Waals surface area contributed by atoms with Gasteiger partial charge >= 0.3 is 0 Å². The molecule has 3 heterocycles. The Morgan fingerprint density at radius 3 is 2.44 bits per heavy atom. The third-order valence-electron chi connectivity index (χ3n) is 4.51. The maximum atomic E-state index is 5.95. The SMILES string of the molecule is C1CCN(CCN2CC[C@]3(CCCO3)C2)C1. The minimum absolute atomic E-state index is 0.269. The van der Waals surface area contributed by atoms with Gasteiger partial charge in [-0.3, -0.25) is 4.90 Å². The molecule has 0 saturated carbocycles. The fourth-order valence-corrected chi connectivity index (χ4v) is 3.48. The predicted octanol–water partition coefficient (Wildman–Crippen LogP) is 1.34. The Kier molecular flexibility index (Phi) is 3.18. The molecule has 0 aromatic rings. The second-order valence-corrected chi connectivity index (χ2v) is 5.71. The summed E-state index contributed by atoms with van der Waals surface area (Å²) >= 11 is 0. The van der Waals surface area contributed by atoms with Crippen molar-refractivity contribution in [2.45, 2.75) is 37.7 Å². The molecule has 0 N–H and O–H groups in total. The molecule has 3 fully saturated rings. The van der Waals surface area contributed by atoms with Gasteiger partial charge in [0, 0.05) is 32.8 Å². The van der Waals surface area contributed by atoms with Gasteiger partial charge in [0.05, 0.1) is 5.60 Å². The van der Waals surface area contributed by atoms with Crippen molar-refractivity contribution in [3.05, 3.63) is 0 Å². The molecule has 0 bridgehead atoms. The van der Waals surface area contributed by atoms with Crippen LogP contribution < -0.4 is 0 Å². The second-order valence-electron chi connectivity index (χ2n) is 5.71. The minimum atomic E-state index is 0.269. The summed E-state index contributed by atoms with van der Waals surface area (Å²) in [6.45, 7) is 8.64. The number of ether oxygens (including phenoxy) is 1. The van der Waals surface area contributed by atoms with Crippen molar-refractivity contribution in [3.63, 3.8) is 0 Å². The summed E-state index contributed by atoms with van der Waals surface area (Å²) in [6.07, 6.45) is 6.67. The quantitative estimate of drug-likeness (QED) is 0.719. The molecule has 0 amide bonds. The fraction of sp³-hybridized carbons (Fsp3) is 1.00. The molecule has 0 radical (unpaired) electrons. The number of hydrogen-bond donors (Lipinski definition) is 0. The largest absolute Gasteiger partial charge is 0.374 e. The van der Waals surface area contributed by atoms with Gasteiger partial charge in [-0.05, 0) is 45.2 Å². The number of hydrogen-bond acceptors (Lipinski definition) is 3. The fourth-order valence-electron chi connectivity index (χ4n) is 3.48. The zero-order valence-electron chi connectivity index (χ0n) is 10.3. The van der Waals surface area contributed by atoms with E-state index in [-0.39, 0.29) is 5.60 Å². The molecule has 16 heavy (non-hydrogen) atoms. The normalized spacial score (nSPS) is 36.8. The van der Waals surface area contributed by atoms with E-state index in [1.54, 1.807) is 0 Å². The first-order valence-electron chi connectivity index (χ1n) is 6.95. The zero-order valence-corrected chi connectivity index (χ0v) is 10.3. The lowest BCUT2D eigenvalue weighted by Crippen LogP contribution is -2.36. The Morgan fingerprint density at radius 2 is 1.69 bits per heavy atom. The van der Waals surface area contributed by atoms with Crippen LogP contribution in [0, 0.1) is 0 Å². The molecule has 92 valence electrons. The van der Waals surface area contributed by atoms with E-state index >= 15 is 0 Å². The van der Waals surface area contributed by atoms with E-state index in [4.69, 9.17) is 4.74 Å². The molecule has 3 aliphatic heterocycles. The third kappa shape index (κ3) is 2.27. The van der Waals surface area contributed by atoms with Crippen LogP contribution in [0.15, 0.2) is 0 Å². The van der Waals surface area contributed by atoms with Gasteiger partial charge in [0.15, 0.2) is 0 Å². The highest BCUT2D eigenvalue weighted by Crippen LogP contribution is 2.34. The van der Waals surface area contributed by atoms with E-state index < -0.39 is 0 Å². The van der Waals surface area contributed by atoms with Crippen LogP contribution in [-0.4, -0.2) is 61.3 Å². The van der Waals surface area contributed by atoms with Gasteiger partial charge in [-0.2, -0.15) is 0 Å². The standard InChI is InChI=1S/C13H24N2O/c1-2-7-14(6-1)9-10-15-8-5-13(12-15)4-3-11-16-13/h1-12H2/t13-/m1/s1. The van der Waals surface area contributed by atoms with Gasteiger partial charge in [0.1, 0.15) is 0 Å². The van der Waals surface area contributed by atoms with Crippen molar-refractivity contribution >= 4 is 0 Å². The summed E-state index contributed by atoms with van der Waals surface area (Å²) in [5, 5.41) is 0. The first-order valence-corrected chi connectivity index (χ1v) is 6.95. The Labute approximate surface area is 98.7 Å². The second kappa shape index (κ2) is 4.63. The van der Waals surface area contributed by atoms with Gasteiger partial charge in [-0.1, -0.05) is 0 Å². The third-order valence-corrected chi connectivity index (χ3v) is 4.51. The maximum absolute atomic E-state index is 5.95. The van der Waals surface area contributed by atoms with Crippen molar-refractivity contribution in [3.8, 4) is 0 Å². The Bertz CT molecular complexity index is 232. The lowest BCUT2D eigenvalue weighted by molar-refractivity contribution is 0.0123. The lowest BCUT2D eigenvalue weighted by atomic mass is 10.00. The summed E-state index contributed by atoms with van der Waals surface area (Å²) in [5.41, 5.74) is 0.269. The first-order chi connectivity index (χ1) is 7.86. The predicted molar refractivity (Wildman–Crippen MR) is 64.6 cm³/mol. The summed E-state index contributed by atoms with van der Waals surface area (Å²) < 4.78 is 5.95. The van der Waals surface area contributed by atoms with Gasteiger partial charge in [0.25, 0.3) is 0 Å². The van der Waals surface area contributed by atoms with Gasteiger partial charge < -0.3 is 9.64 Å². The van der Waals surface area contributed by atoms with Crippen molar-refractivity contribution < 1.29 is 4.74 Å². The molecule has 0 aromatic heterocycles. The average Bonchev–Trinajstić information content (AvgIpc) is 3.01. The summed E-state index contributed by atoms with van der Waals surface area (Å²) in [4.78, 5) is 5.23. The van der Waals surface area contributed by atoms with Crippen molar-refractivity contribution in [1.29, 1.82) is 0 Å². The van der Waals surface area contributed by atoms with Gasteiger partial charge in [-0.25, -0.2) is 0 Å². The van der Waals surface area contributed by atoms with Crippen molar-refractivity contribution in [2.75, 3.05) is 45.9 Å². The minimum Gasteiger partial charge on any atom is -0.374 e.